The zero-order chi connectivity index (χ0) is 39.7. The molecule has 0 spiro atoms. The molecule has 1 aliphatic rings. The lowest BCUT2D eigenvalue weighted by atomic mass is 9.97. The van der Waals surface area contributed by atoms with Gasteiger partial charge in [-0.3, -0.25) is 9.05 Å². The summed E-state index contributed by atoms with van der Waals surface area (Å²) >= 11 is 0. The van der Waals surface area contributed by atoms with Gasteiger partial charge in [-0.15, -0.1) is 0 Å². The van der Waals surface area contributed by atoms with E-state index in [9.17, 15) is 29.3 Å². The lowest BCUT2D eigenvalue weighted by Crippen LogP contribution is -2.44. The van der Waals surface area contributed by atoms with Crippen molar-refractivity contribution in [1.29, 1.82) is 5.26 Å². The fourth-order valence-electron chi connectivity index (χ4n) is 7.07. The first-order chi connectivity index (χ1) is 26.5. The normalized spacial score (nSPS) is 21.5. The molecule has 0 radical (unpaired) electrons. The SMILES string of the molecule is CCCCCCCCCCCCCCCCCC[C@H](COP(=O)(O)OC[C@@]1(C)O[C@@H](c2ccc3c(N)ncnn23)[C@H](O)[C@@H]1O)OCc1cc(F)cc(C#N)c1. The van der Waals surface area contributed by atoms with Gasteiger partial charge in [0.2, 0.25) is 0 Å². The predicted molar refractivity (Wildman–Crippen MR) is 207 cm³/mol. The van der Waals surface area contributed by atoms with E-state index in [0.717, 1.165) is 31.7 Å². The van der Waals surface area contributed by atoms with Crippen molar-refractivity contribution in [2.24, 2.45) is 0 Å². The molecular formula is C40H61FN5O8P. The van der Waals surface area contributed by atoms with Crippen molar-refractivity contribution < 1.29 is 42.6 Å². The number of anilines is 1. The smallest absolute Gasteiger partial charge is 0.387 e. The first-order valence-electron chi connectivity index (χ1n) is 20.0. The minimum Gasteiger partial charge on any atom is -0.387 e. The Balaban J connectivity index is 1.22. The van der Waals surface area contributed by atoms with Crippen molar-refractivity contribution >= 4 is 19.2 Å². The quantitative estimate of drug-likeness (QED) is 0.0427. The summed E-state index contributed by atoms with van der Waals surface area (Å²) in [6.07, 6.45) is 17.0. The molecule has 13 nitrogen and oxygen atoms in total. The lowest BCUT2D eigenvalue weighted by Gasteiger charge is -2.28. The van der Waals surface area contributed by atoms with Gasteiger partial charge in [0.1, 0.15) is 41.6 Å². The van der Waals surface area contributed by atoms with Crippen LogP contribution in [-0.2, 0) is 29.7 Å². The number of aliphatic hydroxyl groups excluding tert-OH is 2. The number of phosphoric ester groups is 1. The van der Waals surface area contributed by atoms with E-state index in [4.69, 9.17) is 24.3 Å². The molecule has 1 unspecified atom stereocenters. The Hall–Kier alpha value is -2.99. The molecule has 1 saturated heterocycles. The molecule has 0 bridgehead atoms. The average molecular weight is 790 g/mol. The van der Waals surface area contributed by atoms with Crippen LogP contribution < -0.4 is 5.73 Å². The minimum atomic E-state index is -4.70. The summed E-state index contributed by atoms with van der Waals surface area (Å²) in [4.78, 5) is 14.6. The van der Waals surface area contributed by atoms with Crippen molar-refractivity contribution in [1.82, 2.24) is 14.6 Å². The Bertz CT molecular complexity index is 1690. The average Bonchev–Trinajstić information content (AvgIpc) is 3.70. The second kappa shape index (κ2) is 22.7. The van der Waals surface area contributed by atoms with Gasteiger partial charge in [-0.05, 0) is 49.2 Å². The first-order valence-corrected chi connectivity index (χ1v) is 21.5. The number of nitrogens with two attached hydrogens (primary N) is 1. The predicted octanol–water partition coefficient (Wildman–Crippen LogP) is 8.24. The van der Waals surface area contributed by atoms with Gasteiger partial charge in [-0.25, -0.2) is 18.5 Å². The third kappa shape index (κ3) is 14.2. The van der Waals surface area contributed by atoms with Crippen LogP contribution in [0.2, 0.25) is 0 Å². The number of unbranched alkanes of at least 4 members (excludes halogenated alkanes) is 15. The number of ether oxygens (including phenoxy) is 2. The number of hydrogen-bond donors (Lipinski definition) is 4. The van der Waals surface area contributed by atoms with Gasteiger partial charge in [0.15, 0.2) is 5.82 Å². The number of hydrogen-bond acceptors (Lipinski definition) is 11. The maximum atomic E-state index is 14.1. The van der Waals surface area contributed by atoms with Gasteiger partial charge < -0.3 is 30.3 Å². The molecule has 1 fully saturated rings. The summed E-state index contributed by atoms with van der Waals surface area (Å²) in [5.41, 5.74) is 5.84. The van der Waals surface area contributed by atoms with Crippen molar-refractivity contribution in [2.45, 2.75) is 160 Å². The van der Waals surface area contributed by atoms with E-state index in [0.29, 0.717) is 23.2 Å². The highest BCUT2D eigenvalue weighted by Gasteiger charge is 2.53. The van der Waals surface area contributed by atoms with Gasteiger partial charge >= 0.3 is 7.82 Å². The van der Waals surface area contributed by atoms with Crippen molar-refractivity contribution in [3.63, 3.8) is 0 Å². The van der Waals surface area contributed by atoms with Crippen LogP contribution in [0.5, 0.6) is 0 Å². The van der Waals surface area contributed by atoms with Crippen LogP contribution in [0.15, 0.2) is 36.7 Å². The summed E-state index contributed by atoms with van der Waals surface area (Å²) in [7, 11) is -4.70. The maximum absolute atomic E-state index is 14.1. The number of nitrogen functional groups attached to an aromatic ring is 1. The van der Waals surface area contributed by atoms with Crippen LogP contribution in [0.3, 0.4) is 0 Å². The zero-order valence-electron chi connectivity index (χ0n) is 32.5. The molecule has 306 valence electrons. The van der Waals surface area contributed by atoms with Gasteiger partial charge in [0.05, 0.1) is 43.3 Å². The Morgan fingerprint density at radius 1 is 0.982 bits per heavy atom. The van der Waals surface area contributed by atoms with E-state index < -0.39 is 50.3 Å². The highest BCUT2D eigenvalue weighted by atomic mass is 31.2. The number of halogens is 1. The Morgan fingerprint density at radius 3 is 2.22 bits per heavy atom. The van der Waals surface area contributed by atoms with Crippen LogP contribution in [0.25, 0.3) is 5.52 Å². The Labute approximate surface area is 325 Å². The topological polar surface area (TPSA) is 195 Å². The molecule has 0 aliphatic carbocycles. The van der Waals surface area contributed by atoms with Crippen LogP contribution in [0.1, 0.15) is 146 Å². The third-order valence-corrected chi connectivity index (χ3v) is 11.3. The van der Waals surface area contributed by atoms with Crippen LogP contribution in [-0.4, -0.2) is 66.8 Å². The highest BCUT2D eigenvalue weighted by Crippen LogP contribution is 2.48. The van der Waals surface area contributed by atoms with Crippen LogP contribution in [0, 0.1) is 17.1 Å². The number of benzene rings is 1. The van der Waals surface area contributed by atoms with E-state index >= 15 is 0 Å². The lowest BCUT2D eigenvalue weighted by molar-refractivity contribution is -0.101. The van der Waals surface area contributed by atoms with Crippen molar-refractivity contribution in [3.05, 3.63) is 59.3 Å². The highest BCUT2D eigenvalue weighted by molar-refractivity contribution is 7.47. The second-order valence-corrected chi connectivity index (χ2v) is 16.5. The number of rotatable bonds is 27. The number of aliphatic hydroxyl groups is 2. The van der Waals surface area contributed by atoms with Crippen molar-refractivity contribution in [2.75, 3.05) is 18.9 Å². The van der Waals surface area contributed by atoms with E-state index in [1.165, 1.54) is 107 Å². The second-order valence-electron chi connectivity index (χ2n) is 15.0. The minimum absolute atomic E-state index is 0.0295. The van der Waals surface area contributed by atoms with E-state index in [2.05, 4.69) is 17.0 Å². The molecule has 55 heavy (non-hydrogen) atoms. The molecule has 15 heteroatoms. The first kappa shape index (κ1) is 44.7. The van der Waals surface area contributed by atoms with Crippen LogP contribution in [0.4, 0.5) is 10.2 Å². The zero-order valence-corrected chi connectivity index (χ0v) is 33.4. The number of fused-ring (bicyclic) bond motifs is 1. The van der Waals surface area contributed by atoms with Gasteiger partial charge in [0, 0.05) is 0 Å². The molecule has 0 saturated carbocycles. The molecule has 0 amide bonds. The maximum Gasteiger partial charge on any atom is 0.472 e. The summed E-state index contributed by atoms with van der Waals surface area (Å²) in [5.74, 6) is -0.338. The number of nitriles is 1. The van der Waals surface area contributed by atoms with Gasteiger partial charge in [-0.2, -0.15) is 10.4 Å². The van der Waals surface area contributed by atoms with Crippen LogP contribution >= 0.6 is 7.82 Å². The number of nitrogens with zero attached hydrogens (tertiary/aromatic N) is 4. The molecule has 5 N–H and O–H groups in total. The standard InChI is InChI=1S/C40H61FN5O8P/c1-3-4-5-6-7-8-9-10-11-12-13-14-15-16-17-18-19-33(51-26-31-22-30(25-42)23-32(41)24-31)27-52-55(49,50)53-28-40(2)38(48)36(47)37(54-40)34-20-21-35-39(43)44-29-45-46(34)35/h20-24,29,33,36-38,47-48H,3-19,26-28H2,1-2H3,(H,49,50)(H2,43,44,45)/t33-,36+,37+,38+,40-/m1/s1. The van der Waals surface area contributed by atoms with E-state index in [1.54, 1.807) is 12.1 Å². The Morgan fingerprint density at radius 2 is 1.60 bits per heavy atom. The molecule has 1 aliphatic heterocycles. The Kier molecular flexibility index (Phi) is 18.4. The molecule has 2 aromatic heterocycles. The molecule has 6 atom stereocenters. The third-order valence-electron chi connectivity index (χ3n) is 10.3. The van der Waals surface area contributed by atoms with Gasteiger partial charge in [0.25, 0.3) is 0 Å². The molecule has 4 rings (SSSR count). The summed E-state index contributed by atoms with van der Waals surface area (Å²) in [6, 6.07) is 9.17. The molecule has 3 aromatic rings. The summed E-state index contributed by atoms with van der Waals surface area (Å²) < 4.78 is 51.3. The van der Waals surface area contributed by atoms with E-state index in [1.807, 2.05) is 6.07 Å². The molecular weight excluding hydrogens is 728 g/mol. The van der Waals surface area contributed by atoms with Gasteiger partial charge in [-0.1, -0.05) is 110 Å². The fraction of sp³-hybridized carbons (Fsp3) is 0.675. The molecule has 1 aromatic carbocycles. The van der Waals surface area contributed by atoms with Crippen molar-refractivity contribution in [3.8, 4) is 6.07 Å². The molecule has 3 heterocycles. The summed E-state index contributed by atoms with van der Waals surface area (Å²) in [6.45, 7) is 2.80. The number of phosphoric acid groups is 1. The monoisotopic (exact) mass is 789 g/mol. The largest absolute Gasteiger partial charge is 0.472 e. The van der Waals surface area contributed by atoms with E-state index in [-0.39, 0.29) is 24.6 Å². The fourth-order valence-corrected chi connectivity index (χ4v) is 7.92. The number of aromatic nitrogens is 3. The summed E-state index contributed by atoms with van der Waals surface area (Å²) in [5, 5.41) is 35.2.